The van der Waals surface area contributed by atoms with Crippen LogP contribution in [0.4, 0.5) is 11.7 Å². The summed E-state index contributed by atoms with van der Waals surface area (Å²) in [7, 11) is 0. The van der Waals surface area contributed by atoms with E-state index in [9.17, 15) is 14.9 Å². The molecule has 1 saturated heterocycles. The zero-order valence-electron chi connectivity index (χ0n) is 17.4. The first-order chi connectivity index (χ1) is 15.1. The summed E-state index contributed by atoms with van der Waals surface area (Å²) in [5.74, 6) is -2.54. The summed E-state index contributed by atoms with van der Waals surface area (Å²) in [4.78, 5) is 32.0. The van der Waals surface area contributed by atoms with Crippen LogP contribution in [0.15, 0.2) is 52.9 Å². The molecule has 7 heteroatoms. The van der Waals surface area contributed by atoms with E-state index in [1.807, 2.05) is 54.3 Å². The van der Waals surface area contributed by atoms with Gasteiger partial charge in [0, 0.05) is 24.7 Å². The van der Waals surface area contributed by atoms with Crippen LogP contribution in [0.2, 0.25) is 0 Å². The highest BCUT2D eigenvalue weighted by Crippen LogP contribution is 2.28. The molecular formula is C24H24N4O3. The van der Waals surface area contributed by atoms with Gasteiger partial charge < -0.3 is 14.6 Å². The highest BCUT2D eigenvalue weighted by Gasteiger charge is 2.35. The molecule has 1 aromatic heterocycles. The van der Waals surface area contributed by atoms with E-state index in [1.165, 1.54) is 0 Å². The van der Waals surface area contributed by atoms with Gasteiger partial charge in [-0.3, -0.25) is 9.59 Å². The largest absolute Gasteiger partial charge is 0.423 e. The summed E-state index contributed by atoms with van der Waals surface area (Å²) in [6.07, 6.45) is 2.00. The summed E-state index contributed by atoms with van der Waals surface area (Å²) < 4.78 is 5.81. The first-order valence-electron chi connectivity index (χ1n) is 10.5. The number of piperidine rings is 1. The number of fused-ring (bicyclic) bond motifs is 1. The third kappa shape index (κ3) is 4.43. The molecule has 1 amide bonds. The maximum Gasteiger partial charge on any atom is 0.298 e. The minimum absolute atomic E-state index is 0.317. The van der Waals surface area contributed by atoms with Gasteiger partial charge in [-0.1, -0.05) is 31.2 Å². The lowest BCUT2D eigenvalue weighted by Crippen LogP contribution is -2.40. The number of hydrogen-bond donors (Lipinski definition) is 1. The Bertz CT molecular complexity index is 1090. The van der Waals surface area contributed by atoms with E-state index >= 15 is 0 Å². The molecule has 1 fully saturated rings. The number of aryl methyl sites for hydroxylation is 1. The van der Waals surface area contributed by atoms with E-state index in [2.05, 4.69) is 10.3 Å². The van der Waals surface area contributed by atoms with Gasteiger partial charge in [0.25, 0.3) is 6.01 Å². The SMILES string of the molecule is CCc1ccc(NC(=O)C(C#N)C(=O)C2CCN(c3nc4ccccc4o3)CC2)cc1. The molecule has 0 bridgehead atoms. The number of hydrogen-bond acceptors (Lipinski definition) is 6. The van der Waals surface area contributed by atoms with Crippen molar-refractivity contribution in [1.29, 1.82) is 5.26 Å². The van der Waals surface area contributed by atoms with Crippen LogP contribution in [0, 0.1) is 23.2 Å². The summed E-state index contributed by atoms with van der Waals surface area (Å²) >= 11 is 0. The summed E-state index contributed by atoms with van der Waals surface area (Å²) in [6.45, 7) is 3.22. The lowest BCUT2D eigenvalue weighted by molar-refractivity contribution is -0.131. The minimum Gasteiger partial charge on any atom is -0.423 e. The first-order valence-corrected chi connectivity index (χ1v) is 10.5. The van der Waals surface area contributed by atoms with E-state index in [0.717, 1.165) is 23.1 Å². The normalized spacial score (nSPS) is 15.4. The Labute approximate surface area is 180 Å². The first kappa shape index (κ1) is 20.6. The lowest BCUT2D eigenvalue weighted by Gasteiger charge is -2.30. The fourth-order valence-electron chi connectivity index (χ4n) is 3.88. The second kappa shape index (κ2) is 9.00. The third-order valence-electron chi connectivity index (χ3n) is 5.76. The molecule has 0 saturated carbocycles. The average molecular weight is 416 g/mol. The van der Waals surface area contributed by atoms with Gasteiger partial charge in [-0.25, -0.2) is 0 Å². The van der Waals surface area contributed by atoms with Crippen LogP contribution in [0.1, 0.15) is 25.3 Å². The number of nitrogens with zero attached hydrogens (tertiary/aromatic N) is 3. The number of amides is 1. The highest BCUT2D eigenvalue weighted by molar-refractivity contribution is 6.10. The molecule has 1 unspecified atom stereocenters. The molecule has 0 radical (unpaired) electrons. The van der Waals surface area contributed by atoms with Crippen LogP contribution < -0.4 is 10.2 Å². The molecule has 2 aromatic carbocycles. The monoisotopic (exact) mass is 416 g/mol. The van der Waals surface area contributed by atoms with Crippen molar-refractivity contribution in [3.05, 3.63) is 54.1 Å². The Kier molecular flexibility index (Phi) is 5.99. The number of benzene rings is 2. The summed E-state index contributed by atoms with van der Waals surface area (Å²) in [6, 6.07) is 17.4. The molecule has 4 rings (SSSR count). The van der Waals surface area contributed by atoms with E-state index < -0.39 is 11.8 Å². The lowest BCUT2D eigenvalue weighted by atomic mass is 9.86. The molecule has 1 atom stereocenters. The molecule has 1 N–H and O–H groups in total. The Hall–Kier alpha value is -3.66. The standard InChI is InChI=1S/C24H24N4O3/c1-2-16-7-9-18(10-8-16)26-23(30)19(15-25)22(29)17-11-13-28(14-12-17)24-27-20-5-3-4-6-21(20)31-24/h3-10,17,19H,2,11-14H2,1H3,(H,26,30). The number of rotatable bonds is 6. The van der Waals surface area contributed by atoms with E-state index in [4.69, 9.17) is 4.42 Å². The predicted octanol–water partition coefficient (Wildman–Crippen LogP) is 3.95. The van der Waals surface area contributed by atoms with Gasteiger partial charge in [0.05, 0.1) is 6.07 Å². The second-order valence-corrected chi connectivity index (χ2v) is 7.73. The Morgan fingerprint density at radius 3 is 2.55 bits per heavy atom. The molecular weight excluding hydrogens is 392 g/mol. The molecule has 2 heterocycles. The number of carbonyl (C=O) groups is 2. The van der Waals surface area contributed by atoms with E-state index in [0.29, 0.717) is 37.6 Å². The zero-order chi connectivity index (χ0) is 21.8. The highest BCUT2D eigenvalue weighted by atomic mass is 16.4. The van der Waals surface area contributed by atoms with Gasteiger partial charge in [-0.2, -0.15) is 10.2 Å². The van der Waals surface area contributed by atoms with Gasteiger partial charge in [0.2, 0.25) is 5.91 Å². The molecule has 1 aliphatic heterocycles. The van der Waals surface area contributed by atoms with Crippen LogP contribution >= 0.6 is 0 Å². The number of nitrogens with one attached hydrogen (secondary N) is 1. The number of nitriles is 1. The number of Topliss-reactive ketones (excluding diaryl/α,β-unsaturated/α-hetero) is 1. The molecule has 1 aliphatic rings. The van der Waals surface area contributed by atoms with Crippen molar-refractivity contribution in [2.75, 3.05) is 23.3 Å². The van der Waals surface area contributed by atoms with Crippen molar-refractivity contribution in [1.82, 2.24) is 4.98 Å². The van der Waals surface area contributed by atoms with Crippen LogP contribution in [0.25, 0.3) is 11.1 Å². The van der Waals surface area contributed by atoms with E-state index in [-0.39, 0.29) is 11.7 Å². The number of para-hydroxylation sites is 2. The van der Waals surface area contributed by atoms with Crippen molar-refractivity contribution in [2.45, 2.75) is 26.2 Å². The number of oxazole rings is 1. The topological polar surface area (TPSA) is 99.2 Å². The predicted molar refractivity (Wildman–Crippen MR) is 118 cm³/mol. The van der Waals surface area contributed by atoms with E-state index in [1.54, 1.807) is 12.1 Å². The molecule has 3 aromatic rings. The number of carbonyl (C=O) groups excluding carboxylic acids is 2. The minimum atomic E-state index is -1.31. The Balaban J connectivity index is 1.36. The zero-order valence-corrected chi connectivity index (χ0v) is 17.4. The van der Waals surface area contributed by atoms with Gasteiger partial charge in [0.15, 0.2) is 17.3 Å². The van der Waals surface area contributed by atoms with Crippen molar-refractivity contribution in [2.24, 2.45) is 11.8 Å². The fourth-order valence-corrected chi connectivity index (χ4v) is 3.88. The van der Waals surface area contributed by atoms with Gasteiger partial charge in [0.1, 0.15) is 5.52 Å². The Morgan fingerprint density at radius 2 is 1.90 bits per heavy atom. The quantitative estimate of drug-likeness (QED) is 0.611. The van der Waals surface area contributed by atoms with Crippen LogP contribution in [0.5, 0.6) is 0 Å². The van der Waals surface area contributed by atoms with Gasteiger partial charge in [-0.05, 0) is 49.1 Å². The van der Waals surface area contributed by atoms with Gasteiger partial charge in [-0.15, -0.1) is 0 Å². The molecule has 0 spiro atoms. The third-order valence-corrected chi connectivity index (χ3v) is 5.76. The van der Waals surface area contributed by atoms with Gasteiger partial charge >= 0.3 is 0 Å². The van der Waals surface area contributed by atoms with Crippen molar-refractivity contribution in [3.8, 4) is 6.07 Å². The molecule has 158 valence electrons. The van der Waals surface area contributed by atoms with Crippen molar-refractivity contribution < 1.29 is 14.0 Å². The second-order valence-electron chi connectivity index (χ2n) is 7.73. The number of ketones is 1. The molecule has 0 aliphatic carbocycles. The maximum atomic E-state index is 12.9. The molecule has 7 nitrogen and oxygen atoms in total. The van der Waals surface area contributed by atoms with Crippen LogP contribution in [-0.4, -0.2) is 29.8 Å². The van der Waals surface area contributed by atoms with Crippen molar-refractivity contribution >= 4 is 34.5 Å². The number of aromatic nitrogens is 1. The summed E-state index contributed by atoms with van der Waals surface area (Å²) in [5, 5.41) is 12.2. The number of anilines is 2. The van der Waals surface area contributed by atoms with Crippen molar-refractivity contribution in [3.63, 3.8) is 0 Å². The molecule has 31 heavy (non-hydrogen) atoms. The summed E-state index contributed by atoms with van der Waals surface area (Å²) in [5.41, 5.74) is 3.26. The average Bonchev–Trinajstić information content (AvgIpc) is 3.24. The smallest absolute Gasteiger partial charge is 0.298 e. The van der Waals surface area contributed by atoms with Crippen LogP contribution in [-0.2, 0) is 16.0 Å². The van der Waals surface area contributed by atoms with Crippen LogP contribution in [0.3, 0.4) is 0 Å². The fraction of sp³-hybridized carbons (Fsp3) is 0.333. The maximum absolute atomic E-state index is 12.9. The Morgan fingerprint density at radius 1 is 1.19 bits per heavy atom.